The first kappa shape index (κ1) is 15.6. The molecule has 0 aliphatic carbocycles. The van der Waals surface area contributed by atoms with Gasteiger partial charge in [0.15, 0.2) is 0 Å². The molecule has 2 aromatic rings. The molecule has 106 valence electrons. The maximum Gasteiger partial charge on any atom is 0.133 e. The van der Waals surface area contributed by atoms with Crippen molar-refractivity contribution >= 4 is 39.1 Å². The zero-order valence-corrected chi connectivity index (χ0v) is 14.0. The van der Waals surface area contributed by atoms with Gasteiger partial charge >= 0.3 is 0 Å². The van der Waals surface area contributed by atoms with Crippen LogP contribution < -0.4 is 10.5 Å². The molecule has 0 saturated carbocycles. The number of nitrogens with two attached hydrogens (primary N) is 1. The lowest BCUT2D eigenvalue weighted by molar-refractivity contribution is 0.412. The minimum Gasteiger partial charge on any atom is -0.496 e. The lowest BCUT2D eigenvalue weighted by Gasteiger charge is -2.15. The van der Waals surface area contributed by atoms with E-state index in [9.17, 15) is 0 Å². The molecule has 0 saturated heterocycles. The van der Waals surface area contributed by atoms with Crippen LogP contribution in [0, 0.1) is 0 Å². The highest BCUT2D eigenvalue weighted by Crippen LogP contribution is 2.31. The normalized spacial score (nSPS) is 12.2. The van der Waals surface area contributed by atoms with Crippen LogP contribution in [0.3, 0.4) is 0 Å². The molecule has 0 aromatic heterocycles. The van der Waals surface area contributed by atoms with E-state index >= 15 is 0 Å². The molecule has 0 aliphatic heterocycles. The highest BCUT2D eigenvalue weighted by atomic mass is 79.9. The zero-order valence-electron chi connectivity index (χ0n) is 10.9. The van der Waals surface area contributed by atoms with Gasteiger partial charge in [-0.15, -0.1) is 0 Å². The third kappa shape index (κ3) is 3.47. The van der Waals surface area contributed by atoms with E-state index in [0.717, 1.165) is 21.3 Å². The van der Waals surface area contributed by atoms with Gasteiger partial charge < -0.3 is 10.5 Å². The Hall–Kier alpha value is -0.740. The fourth-order valence-corrected chi connectivity index (χ4v) is 3.09. The van der Waals surface area contributed by atoms with Crippen LogP contribution in [0.1, 0.15) is 17.2 Å². The number of hydrogen-bond acceptors (Lipinski definition) is 2. The topological polar surface area (TPSA) is 35.2 Å². The minimum absolute atomic E-state index is 0.186. The van der Waals surface area contributed by atoms with Gasteiger partial charge in [-0.2, -0.15) is 0 Å². The van der Waals surface area contributed by atoms with E-state index in [1.807, 2.05) is 36.4 Å². The molecular formula is C15H14BrCl2NO. The van der Waals surface area contributed by atoms with Crippen molar-refractivity contribution in [3.05, 3.63) is 62.0 Å². The molecule has 2 aromatic carbocycles. The summed E-state index contributed by atoms with van der Waals surface area (Å²) in [5, 5.41) is 1.28. The van der Waals surface area contributed by atoms with Crippen LogP contribution in [0.4, 0.5) is 0 Å². The quantitative estimate of drug-likeness (QED) is 0.816. The largest absolute Gasteiger partial charge is 0.496 e. The van der Waals surface area contributed by atoms with Crippen molar-refractivity contribution in [1.82, 2.24) is 0 Å². The molecule has 0 heterocycles. The Morgan fingerprint density at radius 2 is 1.85 bits per heavy atom. The fraction of sp³-hybridized carbons (Fsp3) is 0.200. The minimum atomic E-state index is -0.186. The predicted octanol–water partition coefficient (Wildman–Crippen LogP) is 5.01. The number of hydrogen-bond donors (Lipinski definition) is 1. The molecule has 2 nitrogen and oxygen atoms in total. The van der Waals surface area contributed by atoms with Gasteiger partial charge in [0.05, 0.1) is 11.6 Å². The maximum absolute atomic E-state index is 6.25. The number of ether oxygens (including phenoxy) is 1. The van der Waals surface area contributed by atoms with Gasteiger partial charge in [-0.1, -0.05) is 35.3 Å². The number of halogens is 3. The third-order valence-electron chi connectivity index (χ3n) is 3.09. The van der Waals surface area contributed by atoms with E-state index in [4.69, 9.17) is 33.7 Å². The summed E-state index contributed by atoms with van der Waals surface area (Å²) in [6.45, 7) is 0. The Labute approximate surface area is 137 Å². The summed E-state index contributed by atoms with van der Waals surface area (Å²) in [5.41, 5.74) is 8.11. The third-order valence-corrected chi connectivity index (χ3v) is 4.42. The molecule has 0 aliphatic rings. The van der Waals surface area contributed by atoms with Crippen molar-refractivity contribution in [3.8, 4) is 5.75 Å². The molecule has 2 rings (SSSR count). The second kappa shape index (κ2) is 6.81. The van der Waals surface area contributed by atoms with Crippen molar-refractivity contribution < 1.29 is 4.74 Å². The van der Waals surface area contributed by atoms with Crippen LogP contribution in [0.2, 0.25) is 10.0 Å². The summed E-state index contributed by atoms with van der Waals surface area (Å²) in [7, 11) is 1.63. The molecule has 2 N–H and O–H groups in total. The van der Waals surface area contributed by atoms with Gasteiger partial charge in [0.1, 0.15) is 5.75 Å². The van der Waals surface area contributed by atoms with Crippen LogP contribution in [0.15, 0.2) is 40.9 Å². The summed E-state index contributed by atoms with van der Waals surface area (Å²) in [5.74, 6) is 0.775. The Kier molecular flexibility index (Phi) is 5.33. The monoisotopic (exact) mass is 373 g/mol. The number of benzene rings is 2. The van der Waals surface area contributed by atoms with Gasteiger partial charge in [0, 0.05) is 16.1 Å². The predicted molar refractivity (Wildman–Crippen MR) is 87.8 cm³/mol. The average Bonchev–Trinajstić information content (AvgIpc) is 2.42. The maximum atomic E-state index is 6.25. The number of rotatable bonds is 4. The van der Waals surface area contributed by atoms with E-state index < -0.39 is 0 Å². The molecule has 0 amide bonds. The second-order valence-electron chi connectivity index (χ2n) is 4.40. The molecule has 0 spiro atoms. The Bertz CT molecular complexity index is 599. The Balaban J connectivity index is 2.24. The first-order valence-electron chi connectivity index (χ1n) is 6.05. The SMILES string of the molecule is COc1ccc(C(N)Cc2c(Cl)cccc2Cl)cc1Br. The Morgan fingerprint density at radius 3 is 2.40 bits per heavy atom. The Morgan fingerprint density at radius 1 is 1.20 bits per heavy atom. The van der Waals surface area contributed by atoms with Gasteiger partial charge in [-0.25, -0.2) is 0 Å². The molecule has 0 bridgehead atoms. The van der Waals surface area contributed by atoms with Crippen molar-refractivity contribution in [3.63, 3.8) is 0 Å². The molecule has 1 unspecified atom stereocenters. The van der Waals surface area contributed by atoms with Gasteiger partial charge in [0.2, 0.25) is 0 Å². The van der Waals surface area contributed by atoms with Crippen LogP contribution in [0.25, 0.3) is 0 Å². The molecule has 0 fully saturated rings. The zero-order chi connectivity index (χ0) is 14.7. The van der Waals surface area contributed by atoms with Gasteiger partial charge in [-0.05, 0) is 57.7 Å². The second-order valence-corrected chi connectivity index (χ2v) is 6.07. The van der Waals surface area contributed by atoms with E-state index in [1.54, 1.807) is 7.11 Å². The lowest BCUT2D eigenvalue weighted by atomic mass is 9.99. The van der Waals surface area contributed by atoms with Crippen molar-refractivity contribution in [2.45, 2.75) is 12.5 Å². The van der Waals surface area contributed by atoms with E-state index in [1.165, 1.54) is 0 Å². The van der Waals surface area contributed by atoms with Crippen molar-refractivity contribution in [1.29, 1.82) is 0 Å². The molecule has 5 heteroatoms. The molecular weight excluding hydrogens is 361 g/mol. The van der Waals surface area contributed by atoms with Crippen molar-refractivity contribution in [2.75, 3.05) is 7.11 Å². The van der Waals surface area contributed by atoms with Crippen LogP contribution in [-0.4, -0.2) is 7.11 Å². The standard InChI is InChI=1S/C15H14BrCl2NO/c1-20-15-6-5-9(7-11(15)16)14(19)8-10-12(17)3-2-4-13(10)18/h2-7,14H,8,19H2,1H3. The summed E-state index contributed by atoms with van der Waals surface area (Å²) in [4.78, 5) is 0. The summed E-state index contributed by atoms with van der Waals surface area (Å²) < 4.78 is 6.08. The number of methoxy groups -OCH3 is 1. The van der Waals surface area contributed by atoms with E-state index in [2.05, 4.69) is 15.9 Å². The van der Waals surface area contributed by atoms with Crippen molar-refractivity contribution in [2.24, 2.45) is 5.73 Å². The molecule has 20 heavy (non-hydrogen) atoms. The highest BCUT2D eigenvalue weighted by Gasteiger charge is 2.13. The lowest BCUT2D eigenvalue weighted by Crippen LogP contribution is -2.14. The first-order chi connectivity index (χ1) is 9.52. The van der Waals surface area contributed by atoms with Gasteiger partial charge in [0.25, 0.3) is 0 Å². The summed E-state index contributed by atoms with van der Waals surface area (Å²) >= 11 is 15.8. The highest BCUT2D eigenvalue weighted by molar-refractivity contribution is 9.10. The summed E-state index contributed by atoms with van der Waals surface area (Å²) in [6.07, 6.45) is 0.581. The van der Waals surface area contributed by atoms with Crippen LogP contribution in [0.5, 0.6) is 5.75 Å². The average molecular weight is 375 g/mol. The smallest absolute Gasteiger partial charge is 0.133 e. The van der Waals surface area contributed by atoms with E-state index in [0.29, 0.717) is 16.5 Å². The van der Waals surface area contributed by atoms with Gasteiger partial charge in [-0.3, -0.25) is 0 Å². The molecule has 0 radical (unpaired) electrons. The molecule has 1 atom stereocenters. The summed E-state index contributed by atoms with van der Waals surface area (Å²) in [6, 6.07) is 11.1. The fourth-order valence-electron chi connectivity index (χ4n) is 1.98. The van der Waals surface area contributed by atoms with Crippen LogP contribution in [-0.2, 0) is 6.42 Å². The first-order valence-corrected chi connectivity index (χ1v) is 7.59. The van der Waals surface area contributed by atoms with E-state index in [-0.39, 0.29) is 6.04 Å². The van der Waals surface area contributed by atoms with Crippen LogP contribution >= 0.6 is 39.1 Å².